The van der Waals surface area contributed by atoms with Crippen LogP contribution in [-0.2, 0) is 0 Å². The number of hydrogen-bond acceptors (Lipinski definition) is 5. The zero-order valence-corrected chi connectivity index (χ0v) is 13.9. The summed E-state index contributed by atoms with van der Waals surface area (Å²) in [6.07, 6.45) is 0. The maximum Gasteiger partial charge on any atom is 0.262 e. The molecule has 27 heavy (non-hydrogen) atoms. The number of anilines is 1. The van der Waals surface area contributed by atoms with Crippen LogP contribution >= 0.6 is 0 Å². The first-order valence-electron chi connectivity index (χ1n) is 8.25. The van der Waals surface area contributed by atoms with Gasteiger partial charge in [0, 0.05) is 16.8 Å². The van der Waals surface area contributed by atoms with Gasteiger partial charge >= 0.3 is 0 Å². The number of nitrogens with zero attached hydrogens (tertiary/aromatic N) is 2. The Kier molecular flexibility index (Phi) is 2.97. The molecule has 4 aromatic rings. The number of nitrogens with one attached hydrogen (secondary N) is 1. The van der Waals surface area contributed by atoms with Crippen LogP contribution in [0.15, 0.2) is 59.4 Å². The van der Waals surface area contributed by atoms with Crippen molar-refractivity contribution in [2.75, 3.05) is 5.73 Å². The number of nitrogen functional groups attached to an aromatic ring is 1. The highest BCUT2D eigenvalue weighted by Crippen LogP contribution is 2.31. The summed E-state index contributed by atoms with van der Waals surface area (Å²) in [5.41, 5.74) is 7.68. The van der Waals surface area contributed by atoms with E-state index in [1.54, 1.807) is 0 Å². The molecule has 7 heteroatoms. The van der Waals surface area contributed by atoms with Gasteiger partial charge in [0.05, 0.1) is 27.8 Å². The molecule has 3 N–H and O–H groups in total. The lowest BCUT2D eigenvalue weighted by Crippen LogP contribution is -2.24. The molecule has 0 spiro atoms. The average Bonchev–Trinajstić information content (AvgIpc) is 2.94. The molecular formula is C20H12N4O3. The summed E-state index contributed by atoms with van der Waals surface area (Å²) in [5, 5.41) is 3.62. The second kappa shape index (κ2) is 5.25. The zero-order chi connectivity index (χ0) is 18.7. The summed E-state index contributed by atoms with van der Waals surface area (Å²) in [7, 11) is 0. The number of fused-ring (bicyclic) bond motifs is 3. The van der Waals surface area contributed by atoms with Crippen molar-refractivity contribution in [2.24, 2.45) is 0 Å². The van der Waals surface area contributed by atoms with Gasteiger partial charge in [-0.25, -0.2) is 4.98 Å². The number of carbonyl (C=O) groups excluding carboxylic acids is 2. The first-order chi connectivity index (χ1) is 13.1. The second-order valence-corrected chi connectivity index (χ2v) is 6.27. The number of aromatic nitrogens is 2. The van der Waals surface area contributed by atoms with Crippen LogP contribution in [0, 0.1) is 0 Å². The second-order valence-electron chi connectivity index (χ2n) is 6.27. The summed E-state index contributed by atoms with van der Waals surface area (Å²) in [5.74, 6) is -1.29. The topological polar surface area (TPSA) is 107 Å². The average molecular weight is 356 g/mol. The smallest absolute Gasteiger partial charge is 0.262 e. The number of para-hydroxylation sites is 2. The van der Waals surface area contributed by atoms with Gasteiger partial charge < -0.3 is 5.73 Å². The lowest BCUT2D eigenvalue weighted by atomic mass is 10.1. The minimum atomic E-state index is -0.615. The van der Waals surface area contributed by atoms with Crippen LogP contribution < -0.4 is 16.6 Å². The maximum atomic E-state index is 12.9. The minimum absolute atomic E-state index is 0.00131. The first kappa shape index (κ1) is 15.3. The molecule has 3 heterocycles. The van der Waals surface area contributed by atoms with E-state index in [1.807, 2.05) is 48.5 Å². The van der Waals surface area contributed by atoms with E-state index in [0.717, 1.165) is 16.8 Å². The summed E-state index contributed by atoms with van der Waals surface area (Å²) in [6.45, 7) is 0. The number of pyridine rings is 2. The minimum Gasteiger partial charge on any atom is -0.384 e. The summed E-state index contributed by atoms with van der Waals surface area (Å²) in [6, 6.07) is 15.9. The number of carbonyl (C=O) groups is 2. The molecule has 5 rings (SSSR count). The Morgan fingerprint density at radius 2 is 1.44 bits per heavy atom. The van der Waals surface area contributed by atoms with Crippen LogP contribution in [0.1, 0.15) is 20.7 Å². The van der Waals surface area contributed by atoms with E-state index in [-0.39, 0.29) is 16.9 Å². The van der Waals surface area contributed by atoms with Crippen molar-refractivity contribution in [1.29, 1.82) is 0 Å². The van der Waals surface area contributed by atoms with Gasteiger partial charge in [0.2, 0.25) is 0 Å². The van der Waals surface area contributed by atoms with Crippen molar-refractivity contribution in [3.63, 3.8) is 0 Å². The van der Waals surface area contributed by atoms with Crippen molar-refractivity contribution >= 4 is 39.4 Å². The van der Waals surface area contributed by atoms with Crippen LogP contribution in [0.4, 0.5) is 5.82 Å². The monoisotopic (exact) mass is 356 g/mol. The maximum absolute atomic E-state index is 12.9. The van der Waals surface area contributed by atoms with E-state index in [0.29, 0.717) is 16.7 Å². The van der Waals surface area contributed by atoms with Crippen molar-refractivity contribution in [3.8, 4) is 5.69 Å². The third-order valence-corrected chi connectivity index (χ3v) is 4.74. The zero-order valence-electron chi connectivity index (χ0n) is 13.9. The van der Waals surface area contributed by atoms with Gasteiger partial charge in [-0.05, 0) is 12.1 Å². The van der Waals surface area contributed by atoms with Gasteiger partial charge in [-0.1, -0.05) is 36.4 Å². The Morgan fingerprint density at radius 3 is 2.07 bits per heavy atom. The van der Waals surface area contributed by atoms with E-state index in [1.165, 1.54) is 4.57 Å². The highest BCUT2D eigenvalue weighted by molar-refractivity contribution is 6.23. The van der Waals surface area contributed by atoms with Gasteiger partial charge in [-0.15, -0.1) is 0 Å². The van der Waals surface area contributed by atoms with Gasteiger partial charge in [0.15, 0.2) is 0 Å². The fourth-order valence-electron chi connectivity index (χ4n) is 3.57. The summed E-state index contributed by atoms with van der Waals surface area (Å²) >= 11 is 0. The predicted octanol–water partition coefficient (Wildman–Crippen LogP) is 2.00. The van der Waals surface area contributed by atoms with E-state index in [4.69, 9.17) is 5.73 Å². The van der Waals surface area contributed by atoms with E-state index in [9.17, 15) is 14.4 Å². The molecule has 0 atom stereocenters. The lowest BCUT2D eigenvalue weighted by molar-refractivity contribution is 0.0880. The molecule has 2 aromatic heterocycles. The van der Waals surface area contributed by atoms with Crippen LogP contribution in [0.3, 0.4) is 0 Å². The van der Waals surface area contributed by atoms with Crippen molar-refractivity contribution in [1.82, 2.24) is 14.9 Å². The number of nitrogens with two attached hydrogens (primary N) is 1. The van der Waals surface area contributed by atoms with Crippen molar-refractivity contribution < 1.29 is 9.59 Å². The van der Waals surface area contributed by atoms with Crippen molar-refractivity contribution in [2.45, 2.75) is 0 Å². The fraction of sp³-hybridized carbons (Fsp3) is 0. The molecule has 7 nitrogen and oxygen atoms in total. The normalized spacial score (nSPS) is 13.2. The Hall–Kier alpha value is -4.00. The highest BCUT2D eigenvalue weighted by atomic mass is 16.2. The Morgan fingerprint density at radius 1 is 0.852 bits per heavy atom. The molecule has 0 fully saturated rings. The van der Waals surface area contributed by atoms with E-state index in [2.05, 4.69) is 10.3 Å². The molecule has 0 saturated carbocycles. The Labute approximate surface area is 152 Å². The van der Waals surface area contributed by atoms with E-state index >= 15 is 0 Å². The molecule has 0 unspecified atom stereocenters. The van der Waals surface area contributed by atoms with Crippen molar-refractivity contribution in [3.05, 3.63) is 76.1 Å². The lowest BCUT2D eigenvalue weighted by Gasteiger charge is -2.16. The fourth-order valence-corrected chi connectivity index (χ4v) is 3.57. The van der Waals surface area contributed by atoms with Gasteiger partial charge in [0.25, 0.3) is 17.4 Å². The third kappa shape index (κ3) is 2.02. The first-order valence-corrected chi connectivity index (χ1v) is 8.25. The van der Waals surface area contributed by atoms with Gasteiger partial charge in [-0.3, -0.25) is 24.3 Å². The molecule has 130 valence electrons. The molecule has 2 aromatic carbocycles. The number of hydrogen-bond donors (Lipinski definition) is 2. The summed E-state index contributed by atoms with van der Waals surface area (Å²) < 4.78 is 1.28. The predicted molar refractivity (Wildman–Crippen MR) is 101 cm³/mol. The molecule has 0 radical (unpaired) electrons. The van der Waals surface area contributed by atoms with Crippen LogP contribution in [0.25, 0.3) is 27.5 Å². The quantitative estimate of drug-likeness (QED) is 0.401. The molecular weight excluding hydrogens is 344 g/mol. The third-order valence-electron chi connectivity index (χ3n) is 4.74. The molecule has 1 aliphatic rings. The Bertz CT molecular complexity index is 1320. The summed E-state index contributed by atoms with van der Waals surface area (Å²) in [4.78, 5) is 41.6. The molecule has 2 amide bonds. The van der Waals surface area contributed by atoms with Crippen LogP contribution in [0.2, 0.25) is 0 Å². The van der Waals surface area contributed by atoms with Gasteiger partial charge in [-0.2, -0.15) is 0 Å². The molecule has 0 saturated heterocycles. The highest BCUT2D eigenvalue weighted by Gasteiger charge is 2.32. The molecule has 1 aliphatic heterocycles. The number of amides is 2. The standard InChI is InChI=1S/C20H12N4O3/c21-18-16-12(19(26)23-20(16)27)9-15(25)24(18)17-10-5-1-3-7-13(10)22-14-8-4-2-6-11(14)17/h1-9H,21H2,(H,23,26,27). The number of rotatable bonds is 1. The largest absolute Gasteiger partial charge is 0.384 e. The molecule has 0 aliphatic carbocycles. The van der Waals surface area contributed by atoms with Crippen LogP contribution in [0.5, 0.6) is 0 Å². The number of imide groups is 1. The SMILES string of the molecule is Nc1c2c(cc(=O)n1-c1c3ccccc3nc3ccccc13)C(=O)NC2=O. The number of benzene rings is 2. The van der Waals surface area contributed by atoms with E-state index < -0.39 is 17.4 Å². The van der Waals surface area contributed by atoms with Gasteiger partial charge in [0.1, 0.15) is 5.82 Å². The Balaban J connectivity index is 2.01. The molecule has 0 bridgehead atoms. The van der Waals surface area contributed by atoms with Crippen LogP contribution in [-0.4, -0.2) is 21.4 Å².